The lowest BCUT2D eigenvalue weighted by Crippen LogP contribution is -2.38. The molecule has 0 aliphatic heterocycles. The quantitative estimate of drug-likeness (QED) is 0.819. The lowest BCUT2D eigenvalue weighted by molar-refractivity contribution is -0.122. The maximum atomic E-state index is 11.6. The van der Waals surface area contributed by atoms with E-state index in [9.17, 15) is 9.90 Å². The van der Waals surface area contributed by atoms with Crippen molar-refractivity contribution in [1.82, 2.24) is 5.32 Å². The van der Waals surface area contributed by atoms with Gasteiger partial charge in [-0.2, -0.15) is 0 Å². The lowest BCUT2D eigenvalue weighted by Gasteiger charge is -2.16. The molecule has 18 heavy (non-hydrogen) atoms. The van der Waals surface area contributed by atoms with E-state index in [0.717, 1.165) is 5.56 Å². The molecule has 2 N–H and O–H groups in total. The first-order valence-electron chi connectivity index (χ1n) is 5.67. The molecule has 0 atom stereocenters. The number of carbonyl (C=O) groups is 1. The highest BCUT2D eigenvalue weighted by Crippen LogP contribution is 2.23. The van der Waals surface area contributed by atoms with E-state index < -0.39 is 4.32 Å². The molecule has 0 bridgehead atoms. The van der Waals surface area contributed by atoms with Crippen molar-refractivity contribution in [3.8, 4) is 11.5 Å². The number of hydrogen-bond acceptors (Lipinski definition) is 3. The molecular formula is C13H18BrNO3. The highest BCUT2D eigenvalue weighted by Gasteiger charge is 2.22. The Morgan fingerprint density at radius 2 is 2.17 bits per heavy atom. The summed E-state index contributed by atoms with van der Waals surface area (Å²) < 4.78 is 4.43. The van der Waals surface area contributed by atoms with E-state index in [1.165, 1.54) is 0 Å². The molecule has 0 aliphatic carbocycles. The standard InChI is InChI=1S/C13H18BrNO3/c1-13(2,14)12(17)15-7-6-9-4-5-10(18-3)8-11(9)16/h4-5,8,16H,6-7H2,1-3H3,(H,15,17). The SMILES string of the molecule is COc1ccc(CCNC(=O)C(C)(C)Br)c(O)c1. The molecule has 4 nitrogen and oxygen atoms in total. The van der Waals surface area contributed by atoms with Crippen molar-refractivity contribution >= 4 is 21.8 Å². The largest absolute Gasteiger partial charge is 0.508 e. The first-order valence-corrected chi connectivity index (χ1v) is 6.47. The zero-order chi connectivity index (χ0) is 13.8. The summed E-state index contributed by atoms with van der Waals surface area (Å²) in [5.41, 5.74) is 0.781. The van der Waals surface area contributed by atoms with E-state index in [-0.39, 0.29) is 11.7 Å². The minimum absolute atomic E-state index is 0.0736. The fraction of sp³-hybridized carbons (Fsp3) is 0.462. The zero-order valence-corrected chi connectivity index (χ0v) is 12.4. The van der Waals surface area contributed by atoms with Crippen molar-refractivity contribution in [3.63, 3.8) is 0 Å². The number of carbonyl (C=O) groups excluding carboxylic acids is 1. The van der Waals surface area contributed by atoms with Crippen molar-refractivity contribution in [1.29, 1.82) is 0 Å². The molecule has 0 aliphatic rings. The molecular weight excluding hydrogens is 298 g/mol. The Morgan fingerprint density at radius 1 is 1.50 bits per heavy atom. The van der Waals surface area contributed by atoms with Crippen molar-refractivity contribution in [2.45, 2.75) is 24.6 Å². The molecule has 0 radical (unpaired) electrons. The third-order valence-corrected chi connectivity index (χ3v) is 2.87. The van der Waals surface area contributed by atoms with Gasteiger partial charge in [0.05, 0.1) is 11.4 Å². The molecule has 0 saturated heterocycles. The number of phenolic OH excluding ortho intramolecular Hbond substituents is 1. The van der Waals surface area contributed by atoms with Gasteiger partial charge in [0.25, 0.3) is 0 Å². The highest BCUT2D eigenvalue weighted by atomic mass is 79.9. The van der Waals surface area contributed by atoms with Crippen LogP contribution in [-0.4, -0.2) is 29.0 Å². The van der Waals surface area contributed by atoms with E-state index in [1.807, 2.05) is 0 Å². The van der Waals surface area contributed by atoms with Crippen LogP contribution in [0.3, 0.4) is 0 Å². The number of halogens is 1. The molecule has 1 amide bonds. The van der Waals surface area contributed by atoms with Crippen LogP contribution in [0.1, 0.15) is 19.4 Å². The van der Waals surface area contributed by atoms with Gasteiger partial charge in [-0.05, 0) is 31.9 Å². The average molecular weight is 316 g/mol. The predicted octanol–water partition coefficient (Wildman–Crippen LogP) is 2.23. The first kappa shape index (κ1) is 14.8. The maximum Gasteiger partial charge on any atom is 0.236 e. The fourth-order valence-electron chi connectivity index (χ4n) is 1.40. The summed E-state index contributed by atoms with van der Waals surface area (Å²) in [5.74, 6) is 0.721. The third-order valence-electron chi connectivity index (χ3n) is 2.51. The molecule has 0 fully saturated rings. The van der Waals surface area contributed by atoms with Crippen LogP contribution in [0.5, 0.6) is 11.5 Å². The zero-order valence-electron chi connectivity index (χ0n) is 10.8. The Kier molecular flexibility index (Phi) is 5.02. The van der Waals surface area contributed by atoms with Crippen LogP contribution < -0.4 is 10.1 Å². The maximum absolute atomic E-state index is 11.6. The van der Waals surface area contributed by atoms with Crippen LogP contribution in [0.4, 0.5) is 0 Å². The summed E-state index contributed by atoms with van der Waals surface area (Å²) in [4.78, 5) is 11.6. The van der Waals surface area contributed by atoms with Gasteiger partial charge < -0.3 is 15.2 Å². The van der Waals surface area contributed by atoms with Gasteiger partial charge in [-0.15, -0.1) is 0 Å². The van der Waals surface area contributed by atoms with Crippen molar-refractivity contribution in [2.24, 2.45) is 0 Å². The van der Waals surface area contributed by atoms with Gasteiger partial charge >= 0.3 is 0 Å². The van der Waals surface area contributed by atoms with E-state index in [0.29, 0.717) is 18.7 Å². The van der Waals surface area contributed by atoms with Gasteiger partial charge in [-0.1, -0.05) is 22.0 Å². The molecule has 100 valence electrons. The van der Waals surface area contributed by atoms with Crippen molar-refractivity contribution in [2.75, 3.05) is 13.7 Å². The second-order valence-corrected chi connectivity index (χ2v) is 6.46. The summed E-state index contributed by atoms with van der Waals surface area (Å²) in [6, 6.07) is 5.14. The number of nitrogens with one attached hydrogen (secondary N) is 1. The molecule has 0 spiro atoms. The van der Waals surface area contributed by atoms with Gasteiger partial charge in [0.1, 0.15) is 11.5 Å². The number of benzene rings is 1. The highest BCUT2D eigenvalue weighted by molar-refractivity contribution is 9.10. The Hall–Kier alpha value is -1.23. The number of aromatic hydroxyl groups is 1. The molecule has 1 aromatic rings. The van der Waals surface area contributed by atoms with Crippen LogP contribution in [0.2, 0.25) is 0 Å². The van der Waals surface area contributed by atoms with E-state index in [1.54, 1.807) is 39.2 Å². The minimum Gasteiger partial charge on any atom is -0.508 e. The summed E-state index contributed by atoms with van der Waals surface area (Å²) in [6.45, 7) is 4.05. The normalized spacial score (nSPS) is 11.1. The van der Waals surface area contributed by atoms with Crippen molar-refractivity contribution < 1.29 is 14.6 Å². The lowest BCUT2D eigenvalue weighted by atomic mass is 10.1. The second kappa shape index (κ2) is 6.09. The number of phenols is 1. The van der Waals surface area contributed by atoms with E-state index in [2.05, 4.69) is 21.2 Å². The number of ether oxygens (including phenoxy) is 1. The Bertz CT molecular complexity index is 427. The molecule has 0 heterocycles. The summed E-state index contributed by atoms with van der Waals surface area (Å²) in [5, 5.41) is 12.5. The van der Waals surface area contributed by atoms with Crippen LogP contribution in [0.25, 0.3) is 0 Å². The number of rotatable bonds is 5. The average Bonchev–Trinajstić information content (AvgIpc) is 2.29. The molecule has 0 saturated carbocycles. The smallest absolute Gasteiger partial charge is 0.236 e. The first-order chi connectivity index (χ1) is 8.34. The van der Waals surface area contributed by atoms with Crippen LogP contribution >= 0.6 is 15.9 Å². The van der Waals surface area contributed by atoms with Gasteiger partial charge in [0.15, 0.2) is 0 Å². The number of amides is 1. The molecule has 0 unspecified atom stereocenters. The summed E-state index contributed by atoms with van der Waals surface area (Å²) in [7, 11) is 1.55. The summed E-state index contributed by atoms with van der Waals surface area (Å²) in [6.07, 6.45) is 0.574. The molecule has 1 aromatic carbocycles. The Balaban J connectivity index is 2.52. The third kappa shape index (κ3) is 4.22. The predicted molar refractivity (Wildman–Crippen MR) is 74.4 cm³/mol. The molecule has 1 rings (SSSR count). The van der Waals surface area contributed by atoms with Gasteiger partial charge in [-0.3, -0.25) is 4.79 Å². The van der Waals surface area contributed by atoms with E-state index >= 15 is 0 Å². The van der Waals surface area contributed by atoms with Crippen LogP contribution in [0.15, 0.2) is 18.2 Å². The minimum atomic E-state index is -0.574. The number of hydrogen-bond donors (Lipinski definition) is 2. The topological polar surface area (TPSA) is 58.6 Å². The number of alkyl halides is 1. The van der Waals surface area contributed by atoms with Crippen LogP contribution in [0, 0.1) is 0 Å². The molecule has 0 aromatic heterocycles. The van der Waals surface area contributed by atoms with Gasteiger partial charge in [0, 0.05) is 12.6 Å². The number of methoxy groups -OCH3 is 1. The monoisotopic (exact) mass is 315 g/mol. The Labute approximate surface area is 115 Å². The van der Waals surface area contributed by atoms with E-state index in [4.69, 9.17) is 4.74 Å². The van der Waals surface area contributed by atoms with Gasteiger partial charge in [-0.25, -0.2) is 0 Å². The molecule has 5 heteroatoms. The fourth-order valence-corrected chi connectivity index (χ4v) is 1.54. The second-order valence-electron chi connectivity index (χ2n) is 4.47. The summed E-state index contributed by atoms with van der Waals surface area (Å²) >= 11 is 3.29. The Morgan fingerprint density at radius 3 is 2.67 bits per heavy atom. The van der Waals surface area contributed by atoms with Crippen molar-refractivity contribution in [3.05, 3.63) is 23.8 Å². The van der Waals surface area contributed by atoms with Gasteiger partial charge in [0.2, 0.25) is 5.91 Å². The van der Waals surface area contributed by atoms with Crippen LogP contribution in [-0.2, 0) is 11.2 Å².